The SMILES string of the molecule is O=[N+]([O-])/C(Cl)=N/O. The van der Waals surface area contributed by atoms with E-state index in [1.165, 1.54) is 0 Å². The van der Waals surface area contributed by atoms with E-state index >= 15 is 0 Å². The Labute approximate surface area is 43.3 Å². The Bertz CT molecular complexity index is 110. The highest BCUT2D eigenvalue weighted by atomic mass is 35.5. The van der Waals surface area contributed by atoms with Gasteiger partial charge in [0.25, 0.3) is 0 Å². The Morgan fingerprint density at radius 1 is 2.00 bits per heavy atom. The monoisotopic (exact) mass is 124 g/mol. The van der Waals surface area contributed by atoms with Crippen LogP contribution in [-0.2, 0) is 0 Å². The molecule has 0 unspecified atom stereocenters. The zero-order valence-electron chi connectivity index (χ0n) is 3.04. The largest absolute Gasteiger partial charge is 0.481 e. The quantitative estimate of drug-likeness (QED) is 0.126. The van der Waals surface area contributed by atoms with E-state index in [-0.39, 0.29) is 0 Å². The molecule has 0 aromatic carbocycles. The number of hydrogen-bond donors (Lipinski definition) is 1. The smallest absolute Gasteiger partial charge is 0.357 e. The first-order valence-electron chi connectivity index (χ1n) is 1.20. The second-order valence-electron chi connectivity index (χ2n) is 0.626. The molecule has 40 valence electrons. The summed E-state index contributed by atoms with van der Waals surface area (Å²) in [5.41, 5.74) is 0. The molecule has 0 rings (SSSR count). The zero-order chi connectivity index (χ0) is 5.86. The number of hydrogen-bond acceptors (Lipinski definition) is 4. The second kappa shape index (κ2) is 2.35. The van der Waals surface area contributed by atoms with Gasteiger partial charge in [0.05, 0.1) is 0 Å². The molecule has 0 radical (unpaired) electrons. The van der Waals surface area contributed by atoms with Gasteiger partial charge in [-0.25, -0.2) is 0 Å². The summed E-state index contributed by atoms with van der Waals surface area (Å²) in [4.78, 5) is 8.30. The molecule has 0 saturated carbocycles. The van der Waals surface area contributed by atoms with Gasteiger partial charge in [-0.3, -0.25) is 0 Å². The molecule has 0 aliphatic heterocycles. The lowest BCUT2D eigenvalue weighted by atomic mass is 11.3. The third-order valence-electron chi connectivity index (χ3n) is 0.233. The highest BCUT2D eigenvalue weighted by Gasteiger charge is 2.04. The maximum atomic E-state index is 9.31. The molecule has 0 amide bonds. The van der Waals surface area contributed by atoms with Crippen molar-refractivity contribution in [3.63, 3.8) is 0 Å². The lowest BCUT2D eigenvalue weighted by molar-refractivity contribution is -0.346. The first-order valence-corrected chi connectivity index (χ1v) is 1.58. The van der Waals surface area contributed by atoms with Crippen LogP contribution in [-0.4, -0.2) is 15.4 Å². The molecule has 0 saturated heterocycles. The second-order valence-corrected chi connectivity index (χ2v) is 0.964. The van der Waals surface area contributed by atoms with Gasteiger partial charge in [0, 0.05) is 11.6 Å². The highest BCUT2D eigenvalue weighted by molar-refractivity contribution is 6.62. The van der Waals surface area contributed by atoms with Gasteiger partial charge in [-0.05, 0) is 4.92 Å². The van der Waals surface area contributed by atoms with Crippen LogP contribution in [0.15, 0.2) is 5.16 Å². The standard InChI is InChI=1S/CHClN2O3/c2-1(3-5)4(6)7/h5H/b3-1+. The molecule has 0 heterocycles. The molecular weight excluding hydrogens is 123 g/mol. The van der Waals surface area contributed by atoms with E-state index < -0.39 is 10.2 Å². The Kier molecular flexibility index (Phi) is 2.07. The fourth-order valence-electron chi connectivity index (χ4n) is 0.0365. The van der Waals surface area contributed by atoms with Crippen LogP contribution in [0.5, 0.6) is 0 Å². The molecule has 1 N–H and O–H groups in total. The van der Waals surface area contributed by atoms with Crippen molar-refractivity contribution in [1.29, 1.82) is 0 Å². The normalized spacial score (nSPS) is 11.3. The van der Waals surface area contributed by atoms with Crippen LogP contribution in [0.3, 0.4) is 0 Å². The molecule has 7 heavy (non-hydrogen) atoms. The van der Waals surface area contributed by atoms with Gasteiger partial charge in [-0.15, -0.1) is 0 Å². The summed E-state index contributed by atoms with van der Waals surface area (Å²) in [6, 6.07) is 0. The molecule has 6 heteroatoms. The predicted molar refractivity (Wildman–Crippen MR) is 22.1 cm³/mol. The molecular formula is CHClN2O3. The highest BCUT2D eigenvalue weighted by Crippen LogP contribution is 1.81. The summed E-state index contributed by atoms with van der Waals surface area (Å²) in [7, 11) is 0. The topological polar surface area (TPSA) is 75.7 Å². The van der Waals surface area contributed by atoms with Gasteiger partial charge in [0.1, 0.15) is 0 Å². The van der Waals surface area contributed by atoms with Crippen LogP contribution >= 0.6 is 11.6 Å². The average Bonchev–Trinajstić information content (AvgIpc) is 1.65. The van der Waals surface area contributed by atoms with Gasteiger partial charge in [0.2, 0.25) is 0 Å². The molecule has 0 aliphatic carbocycles. The van der Waals surface area contributed by atoms with Crippen molar-refractivity contribution in [3.05, 3.63) is 10.1 Å². The van der Waals surface area contributed by atoms with Gasteiger partial charge >= 0.3 is 5.29 Å². The van der Waals surface area contributed by atoms with Crippen molar-refractivity contribution in [1.82, 2.24) is 0 Å². The van der Waals surface area contributed by atoms with Crippen LogP contribution in [0.4, 0.5) is 0 Å². The fraction of sp³-hybridized carbons (Fsp3) is 0. The minimum Gasteiger partial charge on any atom is -0.357 e. The van der Waals surface area contributed by atoms with Gasteiger partial charge < -0.3 is 15.3 Å². The van der Waals surface area contributed by atoms with Crippen molar-refractivity contribution >= 4 is 16.9 Å². The van der Waals surface area contributed by atoms with Crippen LogP contribution in [0.25, 0.3) is 0 Å². The Hall–Kier alpha value is -0.840. The molecule has 0 fully saturated rings. The Balaban J connectivity index is 3.82. The van der Waals surface area contributed by atoms with E-state index in [1.54, 1.807) is 0 Å². The van der Waals surface area contributed by atoms with E-state index in [0.717, 1.165) is 0 Å². The molecule has 0 atom stereocenters. The minimum absolute atomic E-state index is 1.01. The van der Waals surface area contributed by atoms with E-state index in [9.17, 15) is 10.1 Å². The number of nitrogens with zero attached hydrogens (tertiary/aromatic N) is 2. The molecule has 0 aliphatic rings. The molecule has 5 nitrogen and oxygen atoms in total. The van der Waals surface area contributed by atoms with Crippen molar-refractivity contribution < 1.29 is 10.1 Å². The van der Waals surface area contributed by atoms with Gasteiger partial charge in [-0.2, -0.15) is 0 Å². The number of nitro groups is 1. The van der Waals surface area contributed by atoms with Crippen LogP contribution in [0.1, 0.15) is 0 Å². The maximum absolute atomic E-state index is 9.31. The maximum Gasteiger partial charge on any atom is 0.481 e. The van der Waals surface area contributed by atoms with Crippen LogP contribution in [0, 0.1) is 10.1 Å². The lowest BCUT2D eigenvalue weighted by Crippen LogP contribution is -2.01. The van der Waals surface area contributed by atoms with E-state index in [1.807, 2.05) is 0 Å². The fourth-order valence-corrected chi connectivity index (χ4v) is 0.0365. The third kappa shape index (κ3) is 1.94. The minimum atomic E-state index is -1.03. The third-order valence-corrected chi connectivity index (χ3v) is 0.447. The van der Waals surface area contributed by atoms with E-state index in [0.29, 0.717) is 0 Å². The van der Waals surface area contributed by atoms with E-state index in [2.05, 4.69) is 16.8 Å². The van der Waals surface area contributed by atoms with Gasteiger partial charge in [0.15, 0.2) is 5.16 Å². The Morgan fingerprint density at radius 2 is 2.43 bits per heavy atom. The number of halogens is 1. The summed E-state index contributed by atoms with van der Waals surface area (Å²) in [5.74, 6) is 0. The first kappa shape index (κ1) is 6.16. The summed E-state index contributed by atoms with van der Waals surface area (Å²) in [5, 5.41) is 17.9. The molecule has 0 spiro atoms. The zero-order valence-corrected chi connectivity index (χ0v) is 3.79. The summed E-state index contributed by atoms with van der Waals surface area (Å²) >= 11 is 4.60. The number of oxime groups is 1. The van der Waals surface area contributed by atoms with Crippen molar-refractivity contribution in [3.8, 4) is 0 Å². The van der Waals surface area contributed by atoms with Crippen molar-refractivity contribution in [2.45, 2.75) is 0 Å². The first-order chi connectivity index (χ1) is 3.18. The van der Waals surface area contributed by atoms with Crippen LogP contribution < -0.4 is 0 Å². The van der Waals surface area contributed by atoms with Gasteiger partial charge in [-0.1, -0.05) is 0 Å². The summed E-state index contributed by atoms with van der Waals surface area (Å²) in [6.07, 6.45) is 0. The van der Waals surface area contributed by atoms with Crippen molar-refractivity contribution in [2.75, 3.05) is 0 Å². The number of amidine groups is 1. The molecule has 0 bridgehead atoms. The van der Waals surface area contributed by atoms with E-state index in [4.69, 9.17) is 5.21 Å². The van der Waals surface area contributed by atoms with Crippen molar-refractivity contribution in [2.24, 2.45) is 5.16 Å². The lowest BCUT2D eigenvalue weighted by Gasteiger charge is -1.80. The summed E-state index contributed by atoms with van der Waals surface area (Å²) in [6.45, 7) is 0. The average molecular weight is 124 g/mol. The predicted octanol–water partition coefficient (Wildman–Crippen LogP) is 0.247. The Morgan fingerprint density at radius 3 is 2.43 bits per heavy atom. The summed E-state index contributed by atoms with van der Waals surface area (Å²) < 4.78 is 0. The molecule has 0 aromatic rings. The van der Waals surface area contributed by atoms with Crippen LogP contribution in [0.2, 0.25) is 0 Å². The number of rotatable bonds is 0. The molecule has 0 aromatic heterocycles.